The first-order valence-corrected chi connectivity index (χ1v) is 7.72. The van der Waals surface area contributed by atoms with Crippen LogP contribution in [0.1, 0.15) is 30.8 Å². The molecule has 2 aromatic rings. The fourth-order valence-electron chi connectivity index (χ4n) is 2.78. The van der Waals surface area contributed by atoms with Crippen LogP contribution in [0.3, 0.4) is 0 Å². The molecule has 2 atom stereocenters. The minimum absolute atomic E-state index is 0.0401. The van der Waals surface area contributed by atoms with Crippen LogP contribution < -0.4 is 5.32 Å². The number of hydrogen-bond donors (Lipinski definition) is 1. The Morgan fingerprint density at radius 1 is 1.55 bits per heavy atom. The summed E-state index contributed by atoms with van der Waals surface area (Å²) in [5, 5.41) is 7.24. The lowest BCUT2D eigenvalue weighted by Crippen LogP contribution is -2.33. The summed E-state index contributed by atoms with van der Waals surface area (Å²) in [4.78, 5) is 12.4. The topological polar surface area (TPSA) is 69.3 Å². The minimum Gasteiger partial charge on any atom is -0.469 e. The third-order valence-corrected chi connectivity index (χ3v) is 3.98. The minimum atomic E-state index is -0.191. The zero-order valence-corrected chi connectivity index (χ0v) is 12.7. The van der Waals surface area contributed by atoms with Gasteiger partial charge in [0.15, 0.2) is 0 Å². The monoisotopic (exact) mass is 303 g/mol. The predicted molar refractivity (Wildman–Crippen MR) is 80.1 cm³/mol. The van der Waals surface area contributed by atoms with E-state index in [0.29, 0.717) is 19.6 Å². The fraction of sp³-hybridized carbons (Fsp3) is 0.500. The summed E-state index contributed by atoms with van der Waals surface area (Å²) in [6.45, 7) is 4.03. The summed E-state index contributed by atoms with van der Waals surface area (Å²) in [7, 11) is 0. The van der Waals surface area contributed by atoms with E-state index in [1.54, 1.807) is 12.5 Å². The Hall–Kier alpha value is -2.08. The molecule has 0 aromatic carbocycles. The van der Waals surface area contributed by atoms with E-state index in [1.807, 2.05) is 29.9 Å². The molecular weight excluding hydrogens is 282 g/mol. The summed E-state index contributed by atoms with van der Waals surface area (Å²) in [6, 6.07) is 3.76. The molecule has 0 aliphatic carbocycles. The van der Waals surface area contributed by atoms with Gasteiger partial charge in [-0.15, -0.1) is 0 Å². The van der Waals surface area contributed by atoms with E-state index in [4.69, 9.17) is 9.15 Å². The van der Waals surface area contributed by atoms with Gasteiger partial charge in [0.05, 0.1) is 24.5 Å². The smallest absolute Gasteiger partial charge is 0.226 e. The number of furan rings is 1. The highest BCUT2D eigenvalue weighted by molar-refractivity contribution is 5.79. The van der Waals surface area contributed by atoms with Crippen molar-refractivity contribution in [3.63, 3.8) is 0 Å². The van der Waals surface area contributed by atoms with Gasteiger partial charge in [-0.25, -0.2) is 0 Å². The van der Waals surface area contributed by atoms with Gasteiger partial charge in [-0.3, -0.25) is 9.48 Å². The van der Waals surface area contributed by atoms with Crippen molar-refractivity contribution >= 4 is 5.91 Å². The van der Waals surface area contributed by atoms with Crippen LogP contribution >= 0.6 is 0 Å². The van der Waals surface area contributed by atoms with E-state index in [-0.39, 0.29) is 17.9 Å². The molecule has 3 heterocycles. The molecule has 1 aliphatic rings. The van der Waals surface area contributed by atoms with E-state index < -0.39 is 0 Å². The number of ether oxygens (including phenoxy) is 1. The number of hydrogen-bond acceptors (Lipinski definition) is 4. The molecule has 22 heavy (non-hydrogen) atoms. The normalized spacial score (nSPS) is 21.1. The van der Waals surface area contributed by atoms with Gasteiger partial charge < -0.3 is 14.5 Å². The van der Waals surface area contributed by atoms with Crippen LogP contribution in [0.25, 0.3) is 0 Å². The maximum atomic E-state index is 12.4. The van der Waals surface area contributed by atoms with Crippen molar-refractivity contribution in [1.82, 2.24) is 15.1 Å². The Morgan fingerprint density at radius 2 is 2.45 bits per heavy atom. The zero-order chi connectivity index (χ0) is 15.4. The summed E-state index contributed by atoms with van der Waals surface area (Å²) in [6.07, 6.45) is 6.65. The molecule has 0 unspecified atom stereocenters. The lowest BCUT2D eigenvalue weighted by Gasteiger charge is -2.16. The first-order chi connectivity index (χ1) is 10.8. The SMILES string of the molecule is CCn1cc([C@H]2OCC[C@@H]2C(=O)NCCc2ccco2)cn1. The Bertz CT molecular complexity index is 606. The molecule has 0 radical (unpaired) electrons. The lowest BCUT2D eigenvalue weighted by atomic mass is 9.96. The van der Waals surface area contributed by atoms with Gasteiger partial charge >= 0.3 is 0 Å². The number of carbonyl (C=O) groups is 1. The van der Waals surface area contributed by atoms with Gasteiger partial charge in [-0.05, 0) is 25.5 Å². The maximum absolute atomic E-state index is 12.4. The summed E-state index contributed by atoms with van der Waals surface area (Å²) in [5.74, 6) is 0.771. The van der Waals surface area contributed by atoms with Crippen LogP contribution in [0.15, 0.2) is 35.2 Å². The van der Waals surface area contributed by atoms with Crippen molar-refractivity contribution in [3.05, 3.63) is 42.1 Å². The van der Waals surface area contributed by atoms with Gasteiger partial charge in [0.2, 0.25) is 5.91 Å². The molecule has 1 aliphatic heterocycles. The standard InChI is InChI=1S/C16H21N3O3/c1-2-19-11-12(10-18-19)15-14(6-9-22-15)16(20)17-7-5-13-4-3-8-21-13/h3-4,8,10-11,14-15H,2,5-7,9H2,1H3,(H,17,20)/t14-,15+/m0/s1. The molecule has 118 valence electrons. The van der Waals surface area contributed by atoms with E-state index in [0.717, 1.165) is 24.3 Å². The summed E-state index contributed by atoms with van der Waals surface area (Å²) in [5.41, 5.74) is 0.977. The van der Waals surface area contributed by atoms with Gasteiger partial charge in [-0.2, -0.15) is 5.10 Å². The Labute approximate surface area is 129 Å². The quantitative estimate of drug-likeness (QED) is 0.885. The van der Waals surface area contributed by atoms with E-state index in [1.165, 1.54) is 0 Å². The number of aromatic nitrogens is 2. The molecule has 0 saturated carbocycles. The van der Waals surface area contributed by atoms with Crippen LogP contribution in [0.2, 0.25) is 0 Å². The Kier molecular flexibility index (Phi) is 4.58. The second kappa shape index (κ2) is 6.79. The second-order valence-corrected chi connectivity index (χ2v) is 5.44. The second-order valence-electron chi connectivity index (χ2n) is 5.44. The predicted octanol–water partition coefficient (Wildman–Crippen LogP) is 1.93. The fourth-order valence-corrected chi connectivity index (χ4v) is 2.78. The zero-order valence-electron chi connectivity index (χ0n) is 12.7. The van der Waals surface area contributed by atoms with Gasteiger partial charge in [0.25, 0.3) is 0 Å². The van der Waals surface area contributed by atoms with Crippen molar-refractivity contribution in [1.29, 1.82) is 0 Å². The Balaban J connectivity index is 1.56. The molecular formula is C16H21N3O3. The highest BCUT2D eigenvalue weighted by atomic mass is 16.5. The van der Waals surface area contributed by atoms with Gasteiger partial charge in [0.1, 0.15) is 5.76 Å². The number of carbonyl (C=O) groups excluding carboxylic acids is 1. The average molecular weight is 303 g/mol. The number of rotatable bonds is 6. The lowest BCUT2D eigenvalue weighted by molar-refractivity contribution is -0.126. The maximum Gasteiger partial charge on any atom is 0.226 e. The van der Waals surface area contributed by atoms with Crippen molar-refractivity contribution in [2.45, 2.75) is 32.4 Å². The summed E-state index contributed by atoms with van der Waals surface area (Å²) < 4.78 is 12.9. The van der Waals surface area contributed by atoms with Gasteiger partial charge in [-0.1, -0.05) is 0 Å². The molecule has 1 fully saturated rings. The van der Waals surface area contributed by atoms with Crippen LogP contribution in [-0.4, -0.2) is 28.8 Å². The average Bonchev–Trinajstić information content (AvgIpc) is 3.27. The molecule has 0 spiro atoms. The van der Waals surface area contributed by atoms with Crippen LogP contribution in [0, 0.1) is 5.92 Å². The van der Waals surface area contributed by atoms with Crippen LogP contribution in [-0.2, 0) is 22.5 Å². The number of nitrogens with one attached hydrogen (secondary N) is 1. The van der Waals surface area contributed by atoms with Crippen molar-refractivity contribution in [3.8, 4) is 0 Å². The highest BCUT2D eigenvalue weighted by Gasteiger charge is 2.35. The summed E-state index contributed by atoms with van der Waals surface area (Å²) >= 11 is 0. The third kappa shape index (κ3) is 3.22. The molecule has 1 amide bonds. The van der Waals surface area contributed by atoms with Crippen molar-refractivity contribution < 1.29 is 13.9 Å². The van der Waals surface area contributed by atoms with E-state index >= 15 is 0 Å². The van der Waals surface area contributed by atoms with Crippen molar-refractivity contribution in [2.24, 2.45) is 5.92 Å². The number of nitrogens with zero attached hydrogens (tertiary/aromatic N) is 2. The highest BCUT2D eigenvalue weighted by Crippen LogP contribution is 2.34. The molecule has 1 saturated heterocycles. The first kappa shape index (κ1) is 14.8. The largest absolute Gasteiger partial charge is 0.469 e. The van der Waals surface area contributed by atoms with Crippen LogP contribution in [0.4, 0.5) is 0 Å². The molecule has 3 rings (SSSR count). The van der Waals surface area contributed by atoms with Crippen LogP contribution in [0.5, 0.6) is 0 Å². The molecule has 6 nitrogen and oxygen atoms in total. The van der Waals surface area contributed by atoms with Crippen molar-refractivity contribution in [2.75, 3.05) is 13.2 Å². The molecule has 0 bridgehead atoms. The molecule has 2 aromatic heterocycles. The third-order valence-electron chi connectivity index (χ3n) is 3.98. The number of amides is 1. The first-order valence-electron chi connectivity index (χ1n) is 7.72. The van der Waals surface area contributed by atoms with E-state index in [2.05, 4.69) is 10.4 Å². The molecule has 1 N–H and O–H groups in total. The van der Waals surface area contributed by atoms with Gasteiger partial charge in [0, 0.05) is 37.9 Å². The molecule has 6 heteroatoms. The van der Waals surface area contributed by atoms with E-state index in [9.17, 15) is 4.79 Å². The number of aryl methyl sites for hydroxylation is 1. The Morgan fingerprint density at radius 3 is 3.18 bits per heavy atom.